The van der Waals surface area contributed by atoms with Gasteiger partial charge in [-0.05, 0) is 35.0 Å². The topological polar surface area (TPSA) is 64.6 Å². The number of fused-ring (bicyclic) bond motifs is 1. The molecule has 0 aliphatic carbocycles. The monoisotopic (exact) mass is 389 g/mol. The van der Waals surface area contributed by atoms with Crippen molar-refractivity contribution in [2.24, 2.45) is 0 Å². The highest BCUT2D eigenvalue weighted by molar-refractivity contribution is 9.10. The first-order valence-corrected chi connectivity index (χ1v) is 9.23. The smallest absolute Gasteiger partial charge is 0.271 e. The third-order valence-electron chi connectivity index (χ3n) is 2.86. The fourth-order valence-corrected chi connectivity index (χ4v) is 4.80. The summed E-state index contributed by atoms with van der Waals surface area (Å²) in [4.78, 5) is 0.941. The fraction of sp³-hybridized carbons (Fsp3) is 0.231. The number of anilines is 1. The second-order valence-electron chi connectivity index (χ2n) is 4.45. The minimum absolute atomic E-state index is 0.279. The number of benzene rings is 1. The average Bonchev–Trinajstić information content (AvgIpc) is 2.87. The summed E-state index contributed by atoms with van der Waals surface area (Å²) in [5.41, 5.74) is 0.422. The molecule has 1 aliphatic heterocycles. The predicted octanol–water partition coefficient (Wildman–Crippen LogP) is 3.39. The maximum absolute atomic E-state index is 12.3. The van der Waals surface area contributed by atoms with Gasteiger partial charge in [-0.1, -0.05) is 0 Å². The summed E-state index contributed by atoms with van der Waals surface area (Å²) < 4.78 is 39.0. The molecule has 0 saturated carbocycles. The molecule has 1 aliphatic rings. The van der Waals surface area contributed by atoms with Crippen molar-refractivity contribution in [3.05, 3.63) is 33.6 Å². The van der Waals surface area contributed by atoms with E-state index in [0.29, 0.717) is 34.9 Å². The van der Waals surface area contributed by atoms with Crippen LogP contribution >= 0.6 is 27.3 Å². The Bertz CT molecular complexity index is 785. The third kappa shape index (κ3) is 3.02. The molecule has 0 saturated heterocycles. The van der Waals surface area contributed by atoms with Crippen molar-refractivity contribution in [2.45, 2.75) is 11.1 Å². The van der Waals surface area contributed by atoms with Crippen LogP contribution in [0.25, 0.3) is 0 Å². The first-order valence-electron chi connectivity index (χ1n) is 6.14. The average molecular weight is 390 g/mol. The summed E-state index contributed by atoms with van der Waals surface area (Å²) in [5, 5.41) is 0. The van der Waals surface area contributed by atoms with Crippen LogP contribution in [-0.2, 0) is 10.0 Å². The number of rotatable bonds is 3. The van der Waals surface area contributed by atoms with Crippen molar-refractivity contribution in [2.75, 3.05) is 17.9 Å². The van der Waals surface area contributed by atoms with Gasteiger partial charge in [0.15, 0.2) is 11.5 Å². The van der Waals surface area contributed by atoms with Crippen LogP contribution in [0.1, 0.15) is 4.88 Å². The molecule has 0 amide bonds. The van der Waals surface area contributed by atoms with Gasteiger partial charge in [0, 0.05) is 21.5 Å². The summed E-state index contributed by atoms with van der Waals surface area (Å²) in [6.45, 7) is 2.80. The lowest BCUT2D eigenvalue weighted by molar-refractivity contribution is 0.171. The van der Waals surface area contributed by atoms with Gasteiger partial charge in [0.1, 0.15) is 17.4 Å². The molecule has 1 N–H and O–H groups in total. The van der Waals surface area contributed by atoms with Gasteiger partial charge < -0.3 is 9.47 Å². The van der Waals surface area contributed by atoms with Crippen LogP contribution < -0.4 is 14.2 Å². The molecule has 112 valence electrons. The molecule has 0 bridgehead atoms. The largest absolute Gasteiger partial charge is 0.486 e. The van der Waals surface area contributed by atoms with Crippen molar-refractivity contribution in [3.63, 3.8) is 0 Å². The number of thiophene rings is 1. The summed E-state index contributed by atoms with van der Waals surface area (Å²) in [6, 6.07) is 6.69. The Morgan fingerprint density at radius 1 is 1.19 bits per heavy atom. The highest BCUT2D eigenvalue weighted by atomic mass is 79.9. The molecule has 8 heteroatoms. The van der Waals surface area contributed by atoms with Gasteiger partial charge in [0.25, 0.3) is 10.0 Å². The molecule has 0 unspecified atom stereocenters. The van der Waals surface area contributed by atoms with E-state index in [2.05, 4.69) is 20.7 Å². The molecular weight excluding hydrogens is 378 g/mol. The fourth-order valence-electron chi connectivity index (χ4n) is 1.89. The minimum Gasteiger partial charge on any atom is -0.486 e. The minimum atomic E-state index is -3.60. The van der Waals surface area contributed by atoms with E-state index in [1.54, 1.807) is 24.3 Å². The van der Waals surface area contributed by atoms with Gasteiger partial charge in [-0.2, -0.15) is 0 Å². The molecule has 0 fully saturated rings. The van der Waals surface area contributed by atoms with E-state index < -0.39 is 10.0 Å². The Balaban J connectivity index is 1.94. The van der Waals surface area contributed by atoms with Crippen molar-refractivity contribution >= 4 is 43.0 Å². The number of aryl methyl sites for hydroxylation is 1. The first kappa shape index (κ1) is 14.7. The Morgan fingerprint density at radius 3 is 2.48 bits per heavy atom. The van der Waals surface area contributed by atoms with Crippen LogP contribution in [0.4, 0.5) is 5.69 Å². The summed E-state index contributed by atoms with van der Waals surface area (Å²) in [6.07, 6.45) is 0. The van der Waals surface area contributed by atoms with Crippen molar-refractivity contribution in [3.8, 4) is 11.5 Å². The second kappa shape index (κ2) is 5.51. The Hall–Kier alpha value is -1.25. The SMILES string of the molecule is Cc1ccc(S(=O)(=O)Nc2cc3c(cc2Br)OCCO3)s1. The molecule has 1 aromatic carbocycles. The molecule has 1 aromatic heterocycles. The van der Waals surface area contributed by atoms with Crippen LogP contribution in [0.3, 0.4) is 0 Å². The molecular formula is C13H12BrNO4S2. The van der Waals surface area contributed by atoms with Gasteiger partial charge in [-0.15, -0.1) is 11.3 Å². The van der Waals surface area contributed by atoms with Crippen LogP contribution in [0.5, 0.6) is 11.5 Å². The van der Waals surface area contributed by atoms with Crippen LogP contribution in [0.15, 0.2) is 32.9 Å². The number of sulfonamides is 1. The highest BCUT2D eigenvalue weighted by Gasteiger charge is 2.20. The Morgan fingerprint density at radius 2 is 1.86 bits per heavy atom. The summed E-state index contributed by atoms with van der Waals surface area (Å²) in [5.74, 6) is 1.13. The maximum Gasteiger partial charge on any atom is 0.271 e. The lowest BCUT2D eigenvalue weighted by atomic mass is 10.2. The number of halogens is 1. The zero-order chi connectivity index (χ0) is 15.0. The zero-order valence-electron chi connectivity index (χ0n) is 11.1. The van der Waals surface area contributed by atoms with Gasteiger partial charge in [0.05, 0.1) is 5.69 Å². The van der Waals surface area contributed by atoms with Crippen molar-refractivity contribution < 1.29 is 17.9 Å². The Kier molecular flexibility index (Phi) is 3.85. The van der Waals surface area contributed by atoms with E-state index in [9.17, 15) is 8.42 Å². The van der Waals surface area contributed by atoms with Crippen LogP contribution in [0, 0.1) is 6.92 Å². The van der Waals surface area contributed by atoms with E-state index >= 15 is 0 Å². The molecule has 0 radical (unpaired) electrons. The van der Waals surface area contributed by atoms with E-state index in [1.165, 1.54) is 11.3 Å². The van der Waals surface area contributed by atoms with Gasteiger partial charge in [0.2, 0.25) is 0 Å². The van der Waals surface area contributed by atoms with E-state index in [4.69, 9.17) is 9.47 Å². The van der Waals surface area contributed by atoms with Gasteiger partial charge in [-0.25, -0.2) is 8.42 Å². The van der Waals surface area contributed by atoms with E-state index in [1.807, 2.05) is 6.92 Å². The molecule has 3 rings (SSSR count). The molecule has 21 heavy (non-hydrogen) atoms. The maximum atomic E-state index is 12.3. The van der Waals surface area contributed by atoms with E-state index in [0.717, 1.165) is 4.88 Å². The summed E-state index contributed by atoms with van der Waals surface area (Å²) in [7, 11) is -3.60. The molecule has 2 heterocycles. The standard InChI is InChI=1S/C13H12BrNO4S2/c1-8-2-3-13(20-8)21(16,17)15-10-7-12-11(6-9(10)14)18-4-5-19-12/h2-3,6-7,15H,4-5H2,1H3. The lowest BCUT2D eigenvalue weighted by Gasteiger charge is -2.20. The molecule has 0 spiro atoms. The van der Waals surface area contributed by atoms with Gasteiger partial charge >= 0.3 is 0 Å². The van der Waals surface area contributed by atoms with Crippen LogP contribution in [-0.4, -0.2) is 21.6 Å². The van der Waals surface area contributed by atoms with Crippen molar-refractivity contribution in [1.29, 1.82) is 0 Å². The van der Waals surface area contributed by atoms with Crippen molar-refractivity contribution in [1.82, 2.24) is 0 Å². The molecule has 5 nitrogen and oxygen atoms in total. The number of hydrogen-bond acceptors (Lipinski definition) is 5. The van der Waals surface area contributed by atoms with Gasteiger partial charge in [-0.3, -0.25) is 4.72 Å². The number of nitrogens with one attached hydrogen (secondary N) is 1. The third-order valence-corrected chi connectivity index (χ3v) is 6.37. The molecule has 2 aromatic rings. The highest BCUT2D eigenvalue weighted by Crippen LogP contribution is 2.39. The molecule has 0 atom stereocenters. The predicted molar refractivity (Wildman–Crippen MR) is 85.0 cm³/mol. The lowest BCUT2D eigenvalue weighted by Crippen LogP contribution is -2.16. The van der Waals surface area contributed by atoms with E-state index in [-0.39, 0.29) is 4.21 Å². The first-order chi connectivity index (χ1) is 9.95. The van der Waals surface area contributed by atoms with Crippen LogP contribution in [0.2, 0.25) is 0 Å². The summed E-state index contributed by atoms with van der Waals surface area (Å²) >= 11 is 4.57. The normalized spacial score (nSPS) is 14.0. The number of ether oxygens (including phenoxy) is 2. The Labute approximate surface area is 135 Å². The zero-order valence-corrected chi connectivity index (χ0v) is 14.3. The quantitative estimate of drug-likeness (QED) is 0.873. The number of hydrogen-bond donors (Lipinski definition) is 1. The second-order valence-corrected chi connectivity index (χ2v) is 8.50.